The number of halogens is 2. The van der Waals surface area contributed by atoms with Gasteiger partial charge in [-0.2, -0.15) is 0 Å². The minimum atomic E-state index is -2.80. The molecule has 0 unspecified atom stereocenters. The van der Waals surface area contributed by atoms with Gasteiger partial charge in [-0.15, -0.1) is 0 Å². The number of piperidine rings is 1. The Labute approximate surface area is 67.9 Å². The van der Waals surface area contributed by atoms with Crippen molar-refractivity contribution < 1.29 is 18.7 Å². The van der Waals surface area contributed by atoms with Gasteiger partial charge < -0.3 is 15.7 Å². The van der Waals surface area contributed by atoms with Crippen molar-refractivity contribution in [2.75, 3.05) is 13.1 Å². The van der Waals surface area contributed by atoms with E-state index in [4.69, 9.17) is 5.11 Å². The van der Waals surface area contributed by atoms with Crippen molar-refractivity contribution in [1.82, 2.24) is 10.6 Å². The third-order valence-electron chi connectivity index (χ3n) is 1.65. The number of alkyl halides is 2. The Morgan fingerprint density at radius 2 is 2.33 bits per heavy atom. The van der Waals surface area contributed by atoms with E-state index in [2.05, 4.69) is 5.32 Å². The molecule has 0 aromatic rings. The van der Waals surface area contributed by atoms with Gasteiger partial charge in [0, 0.05) is 13.0 Å². The van der Waals surface area contributed by atoms with Gasteiger partial charge >= 0.3 is 6.09 Å². The summed E-state index contributed by atoms with van der Waals surface area (Å²) >= 11 is 0. The molecule has 70 valence electrons. The topological polar surface area (TPSA) is 61.4 Å². The first kappa shape index (κ1) is 9.18. The Hall–Kier alpha value is -0.910. The van der Waals surface area contributed by atoms with Crippen LogP contribution in [-0.4, -0.2) is 36.3 Å². The Morgan fingerprint density at radius 1 is 1.67 bits per heavy atom. The Kier molecular flexibility index (Phi) is 2.46. The first-order valence-electron chi connectivity index (χ1n) is 3.58. The summed E-state index contributed by atoms with van der Waals surface area (Å²) in [7, 11) is 0. The van der Waals surface area contributed by atoms with Crippen LogP contribution in [0.3, 0.4) is 0 Å². The van der Waals surface area contributed by atoms with Crippen molar-refractivity contribution in [3.63, 3.8) is 0 Å². The van der Waals surface area contributed by atoms with Gasteiger partial charge in [-0.05, 0) is 0 Å². The Bertz CT molecular complexity index is 186. The molecule has 1 amide bonds. The van der Waals surface area contributed by atoms with Crippen molar-refractivity contribution in [2.45, 2.75) is 18.4 Å². The molecule has 0 aromatic carbocycles. The van der Waals surface area contributed by atoms with Gasteiger partial charge in [-0.25, -0.2) is 13.6 Å². The van der Waals surface area contributed by atoms with Crippen molar-refractivity contribution in [2.24, 2.45) is 0 Å². The highest BCUT2D eigenvalue weighted by molar-refractivity contribution is 5.64. The molecular weight excluding hydrogens is 170 g/mol. The zero-order chi connectivity index (χ0) is 9.19. The van der Waals surface area contributed by atoms with Crippen LogP contribution in [0.5, 0.6) is 0 Å². The summed E-state index contributed by atoms with van der Waals surface area (Å²) in [5.74, 6) is -2.80. The van der Waals surface area contributed by atoms with Crippen molar-refractivity contribution >= 4 is 6.09 Å². The monoisotopic (exact) mass is 180 g/mol. The smallest absolute Gasteiger partial charge is 0.404 e. The van der Waals surface area contributed by atoms with Crippen LogP contribution in [-0.2, 0) is 0 Å². The molecule has 0 saturated carbocycles. The standard InChI is InChI=1S/C6H10F2N2O2/c7-6(8)1-4(2-9-3-6)10-5(11)12/h4,9-10H,1-3H2,(H,11,12)/t4-/m1/s1. The molecule has 1 aliphatic rings. The third kappa shape index (κ3) is 2.61. The Morgan fingerprint density at radius 3 is 2.83 bits per heavy atom. The summed E-state index contributed by atoms with van der Waals surface area (Å²) in [5.41, 5.74) is 0. The average Bonchev–Trinajstić information content (AvgIpc) is 1.82. The zero-order valence-electron chi connectivity index (χ0n) is 6.31. The number of amides is 1. The summed E-state index contributed by atoms with van der Waals surface area (Å²) in [5, 5.41) is 12.7. The lowest BCUT2D eigenvalue weighted by molar-refractivity contribution is -0.0302. The lowest BCUT2D eigenvalue weighted by Gasteiger charge is -2.29. The maximum Gasteiger partial charge on any atom is 0.404 e. The molecule has 0 bridgehead atoms. The van der Waals surface area contributed by atoms with Gasteiger partial charge in [-0.3, -0.25) is 0 Å². The molecule has 1 atom stereocenters. The minimum absolute atomic E-state index is 0.266. The highest BCUT2D eigenvalue weighted by Crippen LogP contribution is 2.22. The molecule has 0 radical (unpaired) electrons. The second-order valence-electron chi connectivity index (χ2n) is 2.84. The zero-order valence-corrected chi connectivity index (χ0v) is 6.31. The second-order valence-corrected chi connectivity index (χ2v) is 2.84. The van der Waals surface area contributed by atoms with E-state index in [0.717, 1.165) is 0 Å². The molecule has 1 aliphatic heterocycles. The van der Waals surface area contributed by atoms with E-state index in [9.17, 15) is 13.6 Å². The number of carboxylic acid groups (broad SMARTS) is 1. The van der Waals surface area contributed by atoms with Crippen LogP contribution >= 0.6 is 0 Å². The van der Waals surface area contributed by atoms with E-state index in [1.807, 2.05) is 5.32 Å². The van der Waals surface area contributed by atoms with Crippen LogP contribution in [0.4, 0.5) is 13.6 Å². The SMILES string of the molecule is O=C(O)N[C@H]1CNCC(F)(F)C1. The van der Waals surface area contributed by atoms with Crippen molar-refractivity contribution in [3.8, 4) is 0 Å². The first-order valence-corrected chi connectivity index (χ1v) is 3.58. The van der Waals surface area contributed by atoms with Gasteiger partial charge in [0.25, 0.3) is 5.92 Å². The van der Waals surface area contributed by atoms with Gasteiger partial charge in [0.15, 0.2) is 0 Å². The fourth-order valence-electron chi connectivity index (χ4n) is 1.21. The molecule has 1 heterocycles. The summed E-state index contributed by atoms with van der Waals surface area (Å²) < 4.78 is 25.2. The number of rotatable bonds is 1. The normalized spacial score (nSPS) is 28.0. The van der Waals surface area contributed by atoms with Crippen LogP contribution in [0.15, 0.2) is 0 Å². The molecule has 3 N–H and O–H groups in total. The summed E-state index contributed by atoms with van der Waals surface area (Å²) in [6.07, 6.45) is -1.69. The number of hydrogen-bond donors (Lipinski definition) is 3. The fourth-order valence-corrected chi connectivity index (χ4v) is 1.21. The summed E-state index contributed by atoms with van der Waals surface area (Å²) in [6.45, 7) is -0.104. The molecule has 0 spiro atoms. The maximum atomic E-state index is 12.6. The van der Waals surface area contributed by atoms with E-state index in [1.165, 1.54) is 0 Å². The second kappa shape index (κ2) is 3.22. The highest BCUT2D eigenvalue weighted by Gasteiger charge is 2.36. The third-order valence-corrected chi connectivity index (χ3v) is 1.65. The lowest BCUT2D eigenvalue weighted by atomic mass is 10.0. The van der Waals surface area contributed by atoms with Crippen LogP contribution < -0.4 is 10.6 Å². The van der Waals surface area contributed by atoms with E-state index in [-0.39, 0.29) is 13.1 Å². The van der Waals surface area contributed by atoms with Crippen LogP contribution in [0.2, 0.25) is 0 Å². The largest absolute Gasteiger partial charge is 0.465 e. The van der Waals surface area contributed by atoms with Gasteiger partial charge in [0.1, 0.15) is 0 Å². The van der Waals surface area contributed by atoms with Gasteiger partial charge in [0.05, 0.1) is 12.6 Å². The average molecular weight is 180 g/mol. The van der Waals surface area contributed by atoms with Crippen LogP contribution in [0.25, 0.3) is 0 Å². The minimum Gasteiger partial charge on any atom is -0.465 e. The van der Waals surface area contributed by atoms with E-state index in [1.54, 1.807) is 0 Å². The number of nitrogens with one attached hydrogen (secondary N) is 2. The van der Waals surface area contributed by atoms with Crippen LogP contribution in [0, 0.1) is 0 Å². The molecule has 12 heavy (non-hydrogen) atoms. The number of carbonyl (C=O) groups is 1. The fraction of sp³-hybridized carbons (Fsp3) is 0.833. The van der Waals surface area contributed by atoms with Crippen molar-refractivity contribution in [3.05, 3.63) is 0 Å². The molecule has 1 fully saturated rings. The van der Waals surface area contributed by atoms with E-state index < -0.39 is 24.5 Å². The van der Waals surface area contributed by atoms with E-state index in [0.29, 0.717) is 0 Å². The van der Waals surface area contributed by atoms with Crippen molar-refractivity contribution in [1.29, 1.82) is 0 Å². The van der Waals surface area contributed by atoms with Gasteiger partial charge in [-0.1, -0.05) is 0 Å². The predicted octanol–water partition coefficient (Wildman–Crippen LogP) is 0.251. The maximum absolute atomic E-state index is 12.6. The predicted molar refractivity (Wildman–Crippen MR) is 37.4 cm³/mol. The van der Waals surface area contributed by atoms with Crippen LogP contribution in [0.1, 0.15) is 6.42 Å². The molecule has 0 aliphatic carbocycles. The highest BCUT2D eigenvalue weighted by atomic mass is 19.3. The molecule has 4 nitrogen and oxygen atoms in total. The first-order chi connectivity index (χ1) is 5.49. The summed E-state index contributed by atoms with van der Waals surface area (Å²) in [6, 6.07) is -0.689. The Balaban J connectivity index is 2.41. The number of hydrogen-bond acceptors (Lipinski definition) is 2. The van der Waals surface area contributed by atoms with E-state index >= 15 is 0 Å². The molecule has 1 rings (SSSR count). The lowest BCUT2D eigenvalue weighted by Crippen LogP contribution is -2.53. The quantitative estimate of drug-likeness (QED) is 0.542. The molecule has 1 saturated heterocycles. The molecular formula is C6H10F2N2O2. The van der Waals surface area contributed by atoms with Gasteiger partial charge in [0.2, 0.25) is 0 Å². The molecule has 6 heteroatoms. The summed E-state index contributed by atoms with van der Waals surface area (Å²) in [4.78, 5) is 10.1. The molecule has 0 aromatic heterocycles.